The van der Waals surface area contributed by atoms with Crippen molar-refractivity contribution >= 4 is 11.9 Å². The number of hydrogen-bond acceptors (Lipinski definition) is 5. The molecule has 0 saturated heterocycles. The molecule has 24 heavy (non-hydrogen) atoms. The molecule has 2 aromatic carbocycles. The highest BCUT2D eigenvalue weighted by Crippen LogP contribution is 2.20. The largest absolute Gasteiger partial charge is 0.497 e. The summed E-state index contributed by atoms with van der Waals surface area (Å²) in [5, 5.41) is 10.1. The number of benzene rings is 2. The van der Waals surface area contributed by atoms with E-state index in [0.717, 1.165) is 11.3 Å². The Morgan fingerprint density at radius 3 is 2.50 bits per heavy atom. The predicted molar refractivity (Wildman–Crippen MR) is 85.0 cm³/mol. The molecule has 6 nitrogen and oxygen atoms in total. The summed E-state index contributed by atoms with van der Waals surface area (Å²) in [4.78, 5) is 12.0. The highest BCUT2D eigenvalue weighted by molar-refractivity contribution is 5.90. The first-order valence-electron chi connectivity index (χ1n) is 7.16. The number of nitrogens with one attached hydrogen (secondary N) is 1. The Labute approximate surface area is 137 Å². The molecule has 1 aromatic heterocycles. The molecular formula is C17H14FN3O3. The standard InChI is InChI=1S/C17H14FN3O3/c1-23-14-8-2-11(3-9-14)10-15(22)19-17-21-20-16(24-17)12-4-6-13(18)7-5-12/h2-9H,10H2,1H3,(H,19,21,22). The summed E-state index contributed by atoms with van der Waals surface area (Å²) in [5.41, 5.74) is 1.39. The van der Waals surface area contributed by atoms with Gasteiger partial charge in [0.1, 0.15) is 11.6 Å². The van der Waals surface area contributed by atoms with Gasteiger partial charge in [-0.15, -0.1) is 5.10 Å². The molecule has 0 aliphatic rings. The second-order valence-electron chi connectivity index (χ2n) is 4.99. The molecule has 0 aliphatic carbocycles. The lowest BCUT2D eigenvalue weighted by Gasteiger charge is -2.03. The average Bonchev–Trinajstić information content (AvgIpc) is 3.04. The Hall–Kier alpha value is -3.22. The summed E-state index contributed by atoms with van der Waals surface area (Å²) in [5.74, 6) is 0.288. The number of carbonyl (C=O) groups excluding carboxylic acids is 1. The van der Waals surface area contributed by atoms with Crippen molar-refractivity contribution < 1.29 is 18.3 Å². The molecule has 1 heterocycles. The van der Waals surface area contributed by atoms with Gasteiger partial charge >= 0.3 is 6.01 Å². The van der Waals surface area contributed by atoms with Crippen molar-refractivity contribution in [2.24, 2.45) is 0 Å². The maximum absolute atomic E-state index is 12.9. The van der Waals surface area contributed by atoms with Gasteiger partial charge < -0.3 is 9.15 Å². The third-order valence-corrected chi connectivity index (χ3v) is 3.29. The Kier molecular flexibility index (Phi) is 4.51. The van der Waals surface area contributed by atoms with Crippen LogP contribution in [-0.4, -0.2) is 23.2 Å². The summed E-state index contributed by atoms with van der Waals surface area (Å²) in [6.07, 6.45) is 0.165. The fraction of sp³-hybridized carbons (Fsp3) is 0.118. The van der Waals surface area contributed by atoms with Crippen molar-refractivity contribution in [3.8, 4) is 17.2 Å². The lowest BCUT2D eigenvalue weighted by Crippen LogP contribution is -2.14. The number of halogens is 1. The maximum atomic E-state index is 12.9. The number of nitrogens with zero attached hydrogens (tertiary/aromatic N) is 2. The van der Waals surface area contributed by atoms with Gasteiger partial charge in [0.15, 0.2) is 0 Å². The molecule has 3 rings (SSSR count). The minimum Gasteiger partial charge on any atom is -0.497 e. The van der Waals surface area contributed by atoms with Gasteiger partial charge in [0.25, 0.3) is 0 Å². The smallest absolute Gasteiger partial charge is 0.322 e. The molecular weight excluding hydrogens is 313 g/mol. The summed E-state index contributed by atoms with van der Waals surface area (Å²) in [6.45, 7) is 0. The SMILES string of the molecule is COc1ccc(CC(=O)Nc2nnc(-c3ccc(F)cc3)o2)cc1. The Bertz CT molecular complexity index is 829. The highest BCUT2D eigenvalue weighted by atomic mass is 19.1. The number of carbonyl (C=O) groups is 1. The minimum atomic E-state index is -0.355. The quantitative estimate of drug-likeness (QED) is 0.779. The number of aromatic nitrogens is 2. The topological polar surface area (TPSA) is 77.2 Å². The summed E-state index contributed by atoms with van der Waals surface area (Å²) in [7, 11) is 1.58. The number of amides is 1. The van der Waals surface area contributed by atoms with Crippen LogP contribution in [0.4, 0.5) is 10.4 Å². The van der Waals surface area contributed by atoms with Crippen LogP contribution >= 0.6 is 0 Å². The lowest BCUT2D eigenvalue weighted by molar-refractivity contribution is -0.115. The second-order valence-corrected chi connectivity index (χ2v) is 4.99. The van der Waals surface area contributed by atoms with Crippen LogP contribution in [0.1, 0.15) is 5.56 Å². The summed E-state index contributed by atoms with van der Waals surface area (Å²) >= 11 is 0. The zero-order chi connectivity index (χ0) is 16.9. The van der Waals surface area contributed by atoms with E-state index in [0.29, 0.717) is 5.56 Å². The Morgan fingerprint density at radius 2 is 1.83 bits per heavy atom. The van der Waals surface area contributed by atoms with Crippen LogP contribution in [-0.2, 0) is 11.2 Å². The maximum Gasteiger partial charge on any atom is 0.322 e. The molecule has 7 heteroatoms. The van der Waals surface area contributed by atoms with Crippen LogP contribution < -0.4 is 10.1 Å². The van der Waals surface area contributed by atoms with Crippen LogP contribution in [0.5, 0.6) is 5.75 Å². The van der Waals surface area contributed by atoms with E-state index in [2.05, 4.69) is 15.5 Å². The van der Waals surface area contributed by atoms with Crippen molar-refractivity contribution in [1.82, 2.24) is 10.2 Å². The number of methoxy groups -OCH3 is 1. The highest BCUT2D eigenvalue weighted by Gasteiger charge is 2.12. The number of rotatable bonds is 5. The number of anilines is 1. The first-order valence-corrected chi connectivity index (χ1v) is 7.16. The molecule has 1 amide bonds. The van der Waals surface area contributed by atoms with E-state index in [1.165, 1.54) is 24.3 Å². The fourth-order valence-electron chi connectivity index (χ4n) is 2.08. The molecule has 1 N–H and O–H groups in total. The average molecular weight is 327 g/mol. The molecule has 0 spiro atoms. The predicted octanol–water partition coefficient (Wildman–Crippen LogP) is 3.07. The van der Waals surface area contributed by atoms with Gasteiger partial charge in [-0.25, -0.2) is 4.39 Å². The van der Waals surface area contributed by atoms with E-state index in [1.807, 2.05) is 0 Å². The second kappa shape index (κ2) is 6.91. The Morgan fingerprint density at radius 1 is 1.12 bits per heavy atom. The van der Waals surface area contributed by atoms with Gasteiger partial charge in [0, 0.05) is 5.56 Å². The minimum absolute atomic E-state index is 0.00663. The monoisotopic (exact) mass is 327 g/mol. The lowest BCUT2D eigenvalue weighted by atomic mass is 10.1. The summed E-state index contributed by atoms with van der Waals surface area (Å²) in [6, 6.07) is 12.8. The van der Waals surface area contributed by atoms with Crippen LogP contribution in [0.2, 0.25) is 0 Å². The Balaban J connectivity index is 1.63. The van der Waals surface area contributed by atoms with Crippen LogP contribution in [0.15, 0.2) is 52.9 Å². The van der Waals surface area contributed by atoms with Gasteiger partial charge in [0.2, 0.25) is 11.8 Å². The van der Waals surface area contributed by atoms with E-state index >= 15 is 0 Å². The first-order chi connectivity index (χ1) is 11.6. The third-order valence-electron chi connectivity index (χ3n) is 3.29. The molecule has 0 atom stereocenters. The molecule has 0 saturated carbocycles. The zero-order valence-electron chi connectivity index (χ0n) is 12.8. The van der Waals surface area contributed by atoms with Crippen molar-refractivity contribution in [2.75, 3.05) is 12.4 Å². The third kappa shape index (κ3) is 3.75. The fourth-order valence-corrected chi connectivity index (χ4v) is 2.08. The van der Waals surface area contributed by atoms with Crippen LogP contribution in [0.25, 0.3) is 11.5 Å². The van der Waals surface area contributed by atoms with Crippen molar-refractivity contribution in [3.63, 3.8) is 0 Å². The van der Waals surface area contributed by atoms with Crippen molar-refractivity contribution in [3.05, 3.63) is 59.9 Å². The van der Waals surface area contributed by atoms with Crippen LogP contribution in [0, 0.1) is 5.82 Å². The molecule has 0 bridgehead atoms. The van der Waals surface area contributed by atoms with Gasteiger partial charge in [-0.2, -0.15) is 0 Å². The van der Waals surface area contributed by atoms with Gasteiger partial charge in [-0.05, 0) is 42.0 Å². The van der Waals surface area contributed by atoms with E-state index < -0.39 is 0 Å². The zero-order valence-corrected chi connectivity index (χ0v) is 12.8. The molecule has 0 unspecified atom stereocenters. The van der Waals surface area contributed by atoms with E-state index in [4.69, 9.17) is 9.15 Å². The molecule has 3 aromatic rings. The first kappa shape index (κ1) is 15.7. The van der Waals surface area contributed by atoms with Crippen LogP contribution in [0.3, 0.4) is 0 Å². The van der Waals surface area contributed by atoms with E-state index in [1.54, 1.807) is 31.4 Å². The molecule has 0 fully saturated rings. The molecule has 0 aliphatic heterocycles. The number of hydrogen-bond donors (Lipinski definition) is 1. The molecule has 0 radical (unpaired) electrons. The van der Waals surface area contributed by atoms with Crippen molar-refractivity contribution in [1.29, 1.82) is 0 Å². The van der Waals surface area contributed by atoms with E-state index in [9.17, 15) is 9.18 Å². The van der Waals surface area contributed by atoms with Gasteiger partial charge in [0.05, 0.1) is 13.5 Å². The van der Waals surface area contributed by atoms with Crippen molar-refractivity contribution in [2.45, 2.75) is 6.42 Å². The number of ether oxygens (including phenoxy) is 1. The van der Waals surface area contributed by atoms with E-state index in [-0.39, 0.29) is 30.1 Å². The van der Waals surface area contributed by atoms with Gasteiger partial charge in [-0.3, -0.25) is 10.1 Å². The summed E-state index contributed by atoms with van der Waals surface area (Å²) < 4.78 is 23.3. The van der Waals surface area contributed by atoms with Gasteiger partial charge in [-0.1, -0.05) is 17.2 Å². The normalized spacial score (nSPS) is 10.4. The molecule has 122 valence electrons.